The van der Waals surface area contributed by atoms with E-state index in [2.05, 4.69) is 27.1 Å². The zero-order valence-electron chi connectivity index (χ0n) is 13.2. The summed E-state index contributed by atoms with van der Waals surface area (Å²) < 4.78 is 0. The molecule has 21 heavy (non-hydrogen) atoms. The average molecular weight is 288 g/mol. The zero-order chi connectivity index (χ0) is 14.5. The van der Waals surface area contributed by atoms with Crippen LogP contribution in [0.25, 0.3) is 0 Å². The van der Waals surface area contributed by atoms with Crippen molar-refractivity contribution in [3.63, 3.8) is 0 Å². The molecule has 0 bridgehead atoms. The van der Waals surface area contributed by atoms with Gasteiger partial charge in [-0.3, -0.25) is 0 Å². The van der Waals surface area contributed by atoms with Gasteiger partial charge in [-0.15, -0.1) is 0 Å². The number of rotatable bonds is 4. The normalized spacial score (nSPS) is 27.8. The number of nitrogens with one attached hydrogen (secondary N) is 1. The lowest BCUT2D eigenvalue weighted by Gasteiger charge is -2.34. The third-order valence-corrected chi connectivity index (χ3v) is 5.07. The maximum Gasteiger partial charge on any atom is 0.225 e. The van der Waals surface area contributed by atoms with Crippen molar-refractivity contribution in [2.24, 2.45) is 11.8 Å². The van der Waals surface area contributed by atoms with Crippen LogP contribution in [0.5, 0.6) is 0 Å². The molecule has 1 saturated carbocycles. The van der Waals surface area contributed by atoms with Crippen molar-refractivity contribution >= 4 is 5.95 Å². The molecular weight excluding hydrogens is 260 g/mol. The van der Waals surface area contributed by atoms with Crippen molar-refractivity contribution in [1.29, 1.82) is 0 Å². The van der Waals surface area contributed by atoms with Crippen LogP contribution in [0.4, 0.5) is 5.95 Å². The molecule has 0 amide bonds. The maximum absolute atomic E-state index is 4.35. The summed E-state index contributed by atoms with van der Waals surface area (Å²) in [7, 11) is 0. The predicted molar refractivity (Wildman–Crippen MR) is 86.4 cm³/mol. The van der Waals surface area contributed by atoms with Crippen molar-refractivity contribution in [3.05, 3.63) is 18.5 Å². The summed E-state index contributed by atoms with van der Waals surface area (Å²) in [5, 5.41) is 3.82. The Morgan fingerprint density at radius 2 is 1.90 bits per heavy atom. The van der Waals surface area contributed by atoms with Gasteiger partial charge in [0.2, 0.25) is 5.95 Å². The standard InChI is InChI=1S/C17H28N4/c1-14-4-2-5-15(12-14)13-20-16-6-10-21(11-7-16)17-18-8-3-9-19-17/h3,8-9,14-16,20H,2,4-7,10-13H2,1H3. The lowest BCUT2D eigenvalue weighted by Crippen LogP contribution is -2.44. The van der Waals surface area contributed by atoms with E-state index >= 15 is 0 Å². The highest BCUT2D eigenvalue weighted by molar-refractivity contribution is 5.29. The van der Waals surface area contributed by atoms with Crippen LogP contribution < -0.4 is 10.2 Å². The number of hydrogen-bond acceptors (Lipinski definition) is 4. The van der Waals surface area contributed by atoms with E-state index in [0.29, 0.717) is 6.04 Å². The third kappa shape index (κ3) is 4.16. The van der Waals surface area contributed by atoms with E-state index in [-0.39, 0.29) is 0 Å². The Balaban J connectivity index is 1.40. The first-order chi connectivity index (χ1) is 10.3. The van der Waals surface area contributed by atoms with Crippen LogP contribution in [0.2, 0.25) is 0 Å². The van der Waals surface area contributed by atoms with Gasteiger partial charge in [0, 0.05) is 31.5 Å². The summed E-state index contributed by atoms with van der Waals surface area (Å²) >= 11 is 0. The lowest BCUT2D eigenvalue weighted by molar-refractivity contribution is 0.260. The van der Waals surface area contributed by atoms with Crippen LogP contribution in [0.3, 0.4) is 0 Å². The number of anilines is 1. The van der Waals surface area contributed by atoms with Crippen LogP contribution in [-0.4, -0.2) is 35.6 Å². The van der Waals surface area contributed by atoms with Gasteiger partial charge in [0.15, 0.2) is 0 Å². The number of nitrogens with zero attached hydrogens (tertiary/aromatic N) is 3. The van der Waals surface area contributed by atoms with Gasteiger partial charge in [-0.25, -0.2) is 9.97 Å². The lowest BCUT2D eigenvalue weighted by atomic mass is 9.82. The van der Waals surface area contributed by atoms with Gasteiger partial charge < -0.3 is 10.2 Å². The summed E-state index contributed by atoms with van der Waals surface area (Å²) in [4.78, 5) is 11.0. The molecule has 2 aliphatic rings. The van der Waals surface area contributed by atoms with Crippen LogP contribution in [0.15, 0.2) is 18.5 Å². The SMILES string of the molecule is CC1CCCC(CNC2CCN(c3ncccn3)CC2)C1. The first-order valence-electron chi connectivity index (χ1n) is 8.56. The Bertz CT molecular complexity index is 414. The van der Waals surface area contributed by atoms with Gasteiger partial charge >= 0.3 is 0 Å². The highest BCUT2D eigenvalue weighted by Gasteiger charge is 2.23. The molecule has 0 spiro atoms. The molecule has 2 heterocycles. The molecule has 1 aromatic rings. The van der Waals surface area contributed by atoms with Gasteiger partial charge in [0.1, 0.15) is 0 Å². The smallest absolute Gasteiger partial charge is 0.225 e. The minimum atomic E-state index is 0.683. The fraction of sp³-hybridized carbons (Fsp3) is 0.765. The molecule has 0 radical (unpaired) electrons. The van der Waals surface area contributed by atoms with Gasteiger partial charge in [0.05, 0.1) is 0 Å². The van der Waals surface area contributed by atoms with E-state index in [9.17, 15) is 0 Å². The largest absolute Gasteiger partial charge is 0.341 e. The van der Waals surface area contributed by atoms with Crippen LogP contribution in [0.1, 0.15) is 45.4 Å². The molecule has 2 fully saturated rings. The topological polar surface area (TPSA) is 41.0 Å². The van der Waals surface area contributed by atoms with E-state index in [1.807, 2.05) is 18.5 Å². The van der Waals surface area contributed by atoms with E-state index in [1.54, 1.807) is 0 Å². The quantitative estimate of drug-likeness (QED) is 0.925. The van der Waals surface area contributed by atoms with Gasteiger partial charge in [-0.1, -0.05) is 19.8 Å². The molecule has 1 N–H and O–H groups in total. The number of aromatic nitrogens is 2. The second kappa shape index (κ2) is 7.21. The molecular formula is C17H28N4. The van der Waals surface area contributed by atoms with Gasteiger partial charge in [-0.2, -0.15) is 0 Å². The van der Waals surface area contributed by atoms with E-state index < -0.39 is 0 Å². The second-order valence-corrected chi connectivity index (χ2v) is 6.86. The van der Waals surface area contributed by atoms with E-state index in [1.165, 1.54) is 45.1 Å². The summed E-state index contributed by atoms with van der Waals surface area (Å²) in [5.41, 5.74) is 0. The molecule has 4 heteroatoms. The maximum atomic E-state index is 4.35. The Labute approximate surface area is 128 Å². The van der Waals surface area contributed by atoms with Crippen molar-refractivity contribution in [1.82, 2.24) is 15.3 Å². The van der Waals surface area contributed by atoms with Gasteiger partial charge in [-0.05, 0) is 50.1 Å². The summed E-state index contributed by atoms with van der Waals surface area (Å²) in [5.74, 6) is 2.73. The zero-order valence-corrected chi connectivity index (χ0v) is 13.2. The van der Waals surface area contributed by atoms with Crippen LogP contribution in [0, 0.1) is 11.8 Å². The predicted octanol–water partition coefficient (Wildman–Crippen LogP) is 2.86. The van der Waals surface area contributed by atoms with Crippen LogP contribution >= 0.6 is 0 Å². The second-order valence-electron chi connectivity index (χ2n) is 6.86. The van der Waals surface area contributed by atoms with Crippen molar-refractivity contribution in [2.45, 2.75) is 51.5 Å². The number of hydrogen-bond donors (Lipinski definition) is 1. The fourth-order valence-electron chi connectivity index (χ4n) is 3.82. The Morgan fingerprint density at radius 3 is 2.62 bits per heavy atom. The molecule has 1 aliphatic carbocycles. The fourth-order valence-corrected chi connectivity index (χ4v) is 3.82. The van der Waals surface area contributed by atoms with Crippen LogP contribution in [-0.2, 0) is 0 Å². The highest BCUT2D eigenvalue weighted by atomic mass is 15.3. The molecule has 3 rings (SSSR count). The number of piperidine rings is 1. The molecule has 1 aliphatic heterocycles. The Hall–Kier alpha value is -1.16. The minimum absolute atomic E-state index is 0.683. The molecule has 2 atom stereocenters. The Kier molecular flexibility index (Phi) is 5.07. The molecule has 116 valence electrons. The molecule has 4 nitrogen and oxygen atoms in total. The van der Waals surface area contributed by atoms with Gasteiger partial charge in [0.25, 0.3) is 0 Å². The monoisotopic (exact) mass is 288 g/mol. The van der Waals surface area contributed by atoms with E-state index in [0.717, 1.165) is 30.9 Å². The average Bonchev–Trinajstić information content (AvgIpc) is 2.54. The minimum Gasteiger partial charge on any atom is -0.341 e. The first kappa shape index (κ1) is 14.8. The first-order valence-corrected chi connectivity index (χ1v) is 8.56. The molecule has 2 unspecified atom stereocenters. The molecule has 1 saturated heterocycles. The van der Waals surface area contributed by atoms with Crippen molar-refractivity contribution in [2.75, 3.05) is 24.5 Å². The third-order valence-electron chi connectivity index (χ3n) is 5.07. The highest BCUT2D eigenvalue weighted by Crippen LogP contribution is 2.28. The molecule has 0 aromatic carbocycles. The summed E-state index contributed by atoms with van der Waals surface area (Å²) in [6.45, 7) is 5.77. The van der Waals surface area contributed by atoms with E-state index in [4.69, 9.17) is 0 Å². The van der Waals surface area contributed by atoms with Crippen molar-refractivity contribution in [3.8, 4) is 0 Å². The molecule has 1 aromatic heterocycles. The van der Waals surface area contributed by atoms with Crippen molar-refractivity contribution < 1.29 is 0 Å². The summed E-state index contributed by atoms with van der Waals surface area (Å²) in [6.07, 6.45) is 11.8. The Morgan fingerprint density at radius 1 is 1.14 bits per heavy atom. The summed E-state index contributed by atoms with van der Waals surface area (Å²) in [6, 6.07) is 2.56.